The van der Waals surface area contributed by atoms with Crippen LogP contribution in [0.5, 0.6) is 6.01 Å². The van der Waals surface area contributed by atoms with E-state index in [1.165, 1.54) is 0 Å². The monoisotopic (exact) mass is 274 g/mol. The summed E-state index contributed by atoms with van der Waals surface area (Å²) in [4.78, 5) is 12.0. The average Bonchev–Trinajstić information content (AvgIpc) is 2.35. The maximum atomic E-state index is 5.79. The van der Waals surface area contributed by atoms with Crippen LogP contribution in [0.1, 0.15) is 26.2 Å². The molecule has 0 aliphatic rings. The predicted molar refractivity (Wildman–Crippen MR) is 70.2 cm³/mol. The van der Waals surface area contributed by atoms with E-state index in [9.17, 15) is 0 Å². The van der Waals surface area contributed by atoms with Gasteiger partial charge in [0.2, 0.25) is 11.2 Å². The zero-order valence-electron chi connectivity index (χ0n) is 10.8. The number of methoxy groups -OCH3 is 1. The van der Waals surface area contributed by atoms with Crippen LogP contribution in [0.4, 0.5) is 5.95 Å². The van der Waals surface area contributed by atoms with Gasteiger partial charge in [0, 0.05) is 20.3 Å². The van der Waals surface area contributed by atoms with E-state index >= 15 is 0 Å². The SMILES string of the molecule is CCCOc1nc(Cl)nc(NCCCCOC)n1. The van der Waals surface area contributed by atoms with Crippen molar-refractivity contribution in [1.82, 2.24) is 15.0 Å². The average molecular weight is 275 g/mol. The van der Waals surface area contributed by atoms with Gasteiger partial charge < -0.3 is 14.8 Å². The molecule has 0 saturated carbocycles. The molecule has 0 bridgehead atoms. The highest BCUT2D eigenvalue weighted by atomic mass is 35.5. The Kier molecular flexibility index (Phi) is 7.36. The van der Waals surface area contributed by atoms with Crippen molar-refractivity contribution in [2.45, 2.75) is 26.2 Å². The number of hydrogen-bond acceptors (Lipinski definition) is 6. The Morgan fingerprint density at radius 1 is 1.17 bits per heavy atom. The summed E-state index contributed by atoms with van der Waals surface area (Å²) in [5.74, 6) is 0.443. The summed E-state index contributed by atoms with van der Waals surface area (Å²) in [6.45, 7) is 4.09. The number of halogens is 1. The van der Waals surface area contributed by atoms with Gasteiger partial charge in [-0.05, 0) is 30.9 Å². The molecule has 0 amide bonds. The van der Waals surface area contributed by atoms with Crippen molar-refractivity contribution >= 4 is 17.5 Å². The minimum Gasteiger partial charge on any atom is -0.463 e. The number of rotatable bonds is 9. The highest BCUT2D eigenvalue weighted by Gasteiger charge is 2.05. The standard InChI is InChI=1S/C11H19ClN4O2/c1-3-7-18-11-15-9(12)14-10(16-11)13-6-4-5-8-17-2/h3-8H2,1-2H3,(H,13,14,15,16). The van der Waals surface area contributed by atoms with Gasteiger partial charge in [0.25, 0.3) is 0 Å². The van der Waals surface area contributed by atoms with E-state index in [2.05, 4.69) is 20.3 Å². The highest BCUT2D eigenvalue weighted by molar-refractivity contribution is 6.28. The summed E-state index contributed by atoms with van der Waals surface area (Å²) in [6.07, 6.45) is 2.85. The summed E-state index contributed by atoms with van der Waals surface area (Å²) in [5, 5.41) is 3.21. The van der Waals surface area contributed by atoms with Gasteiger partial charge >= 0.3 is 6.01 Å². The molecule has 0 aliphatic carbocycles. The molecule has 6 nitrogen and oxygen atoms in total. The summed E-state index contributed by atoms with van der Waals surface area (Å²) in [7, 11) is 1.69. The quantitative estimate of drug-likeness (QED) is 0.696. The van der Waals surface area contributed by atoms with Gasteiger partial charge in [0.1, 0.15) is 0 Å². The number of nitrogens with zero attached hydrogens (tertiary/aromatic N) is 3. The molecule has 7 heteroatoms. The van der Waals surface area contributed by atoms with E-state index in [4.69, 9.17) is 21.1 Å². The van der Waals surface area contributed by atoms with Crippen molar-refractivity contribution in [2.24, 2.45) is 0 Å². The maximum Gasteiger partial charge on any atom is 0.322 e. The lowest BCUT2D eigenvalue weighted by molar-refractivity contribution is 0.193. The van der Waals surface area contributed by atoms with E-state index in [-0.39, 0.29) is 11.3 Å². The molecule has 0 aliphatic heterocycles. The zero-order chi connectivity index (χ0) is 13.2. The molecule has 0 atom stereocenters. The van der Waals surface area contributed by atoms with Gasteiger partial charge in [-0.15, -0.1) is 0 Å². The first-order valence-corrected chi connectivity index (χ1v) is 6.41. The molecule has 1 aromatic heterocycles. The third-order valence-corrected chi connectivity index (χ3v) is 2.25. The minimum atomic E-state index is 0.135. The number of hydrogen-bond donors (Lipinski definition) is 1. The molecule has 0 unspecified atom stereocenters. The molecule has 0 saturated heterocycles. The van der Waals surface area contributed by atoms with Crippen LogP contribution in [-0.2, 0) is 4.74 Å². The Morgan fingerprint density at radius 3 is 2.72 bits per heavy atom. The van der Waals surface area contributed by atoms with Crippen molar-refractivity contribution in [2.75, 3.05) is 32.2 Å². The molecule has 1 rings (SSSR count). The first-order valence-electron chi connectivity index (χ1n) is 6.03. The Labute approximate surface area is 112 Å². The topological polar surface area (TPSA) is 69.2 Å². The lowest BCUT2D eigenvalue weighted by Gasteiger charge is -2.07. The fourth-order valence-corrected chi connectivity index (χ4v) is 1.39. The van der Waals surface area contributed by atoms with Gasteiger partial charge in [-0.1, -0.05) is 6.92 Å². The Balaban J connectivity index is 2.41. The number of nitrogens with one attached hydrogen (secondary N) is 1. The summed E-state index contributed by atoms with van der Waals surface area (Å²) >= 11 is 5.79. The fraction of sp³-hybridized carbons (Fsp3) is 0.727. The van der Waals surface area contributed by atoms with Crippen LogP contribution in [0.3, 0.4) is 0 Å². The number of ether oxygens (including phenoxy) is 2. The molecule has 102 valence electrons. The van der Waals surface area contributed by atoms with Crippen molar-refractivity contribution < 1.29 is 9.47 Å². The Hall–Kier alpha value is -1.14. The Morgan fingerprint density at radius 2 is 2.00 bits per heavy atom. The van der Waals surface area contributed by atoms with Gasteiger partial charge in [0.15, 0.2) is 0 Å². The molecule has 18 heavy (non-hydrogen) atoms. The lowest BCUT2D eigenvalue weighted by Crippen LogP contribution is -2.09. The highest BCUT2D eigenvalue weighted by Crippen LogP contribution is 2.11. The van der Waals surface area contributed by atoms with Crippen LogP contribution < -0.4 is 10.1 Å². The van der Waals surface area contributed by atoms with Crippen LogP contribution in [0.2, 0.25) is 5.28 Å². The molecule has 0 fully saturated rings. The molecule has 0 radical (unpaired) electrons. The van der Waals surface area contributed by atoms with Crippen LogP contribution in [0.25, 0.3) is 0 Å². The lowest BCUT2D eigenvalue weighted by atomic mass is 10.3. The van der Waals surface area contributed by atoms with Crippen molar-refractivity contribution in [3.05, 3.63) is 5.28 Å². The van der Waals surface area contributed by atoms with E-state index < -0.39 is 0 Å². The van der Waals surface area contributed by atoms with Gasteiger partial charge in [0.05, 0.1) is 6.61 Å². The molecule has 0 spiro atoms. The first-order chi connectivity index (χ1) is 8.76. The van der Waals surface area contributed by atoms with Crippen molar-refractivity contribution in [3.63, 3.8) is 0 Å². The summed E-state index contributed by atoms with van der Waals surface area (Å²) in [5.41, 5.74) is 0. The second kappa shape index (κ2) is 8.88. The van der Waals surface area contributed by atoms with Crippen LogP contribution in [0, 0.1) is 0 Å². The smallest absolute Gasteiger partial charge is 0.322 e. The van der Waals surface area contributed by atoms with E-state index in [0.717, 1.165) is 32.4 Å². The van der Waals surface area contributed by atoms with Crippen LogP contribution in [0.15, 0.2) is 0 Å². The summed E-state index contributed by atoms with van der Waals surface area (Å²) in [6, 6.07) is 0.260. The van der Waals surface area contributed by atoms with E-state index in [1.54, 1.807) is 7.11 Å². The van der Waals surface area contributed by atoms with E-state index in [0.29, 0.717) is 12.6 Å². The van der Waals surface area contributed by atoms with Crippen molar-refractivity contribution in [3.8, 4) is 6.01 Å². The zero-order valence-corrected chi connectivity index (χ0v) is 11.5. The molecular weight excluding hydrogens is 256 g/mol. The molecular formula is C11H19ClN4O2. The normalized spacial score (nSPS) is 10.4. The molecule has 0 aromatic carbocycles. The van der Waals surface area contributed by atoms with Gasteiger partial charge in [-0.2, -0.15) is 15.0 Å². The van der Waals surface area contributed by atoms with Crippen LogP contribution in [-0.4, -0.2) is 41.8 Å². The van der Waals surface area contributed by atoms with Crippen LogP contribution >= 0.6 is 11.6 Å². The number of anilines is 1. The summed E-state index contributed by atoms with van der Waals surface area (Å²) < 4.78 is 10.3. The second-order valence-corrected chi connectivity index (χ2v) is 4.02. The maximum absolute atomic E-state index is 5.79. The molecule has 1 heterocycles. The number of aromatic nitrogens is 3. The fourth-order valence-electron chi connectivity index (χ4n) is 1.24. The van der Waals surface area contributed by atoms with E-state index in [1.807, 2.05) is 6.92 Å². The number of unbranched alkanes of at least 4 members (excludes halogenated alkanes) is 1. The van der Waals surface area contributed by atoms with Gasteiger partial charge in [-0.3, -0.25) is 0 Å². The second-order valence-electron chi connectivity index (χ2n) is 3.69. The van der Waals surface area contributed by atoms with Gasteiger partial charge in [-0.25, -0.2) is 0 Å². The van der Waals surface area contributed by atoms with Crippen molar-refractivity contribution in [1.29, 1.82) is 0 Å². The third kappa shape index (κ3) is 5.97. The minimum absolute atomic E-state index is 0.135. The Bertz CT molecular complexity index is 352. The molecule has 1 N–H and O–H groups in total. The largest absolute Gasteiger partial charge is 0.463 e. The third-order valence-electron chi connectivity index (χ3n) is 2.08. The predicted octanol–water partition coefficient (Wildman–Crippen LogP) is 2.15. The first kappa shape index (κ1) is 14.9. The molecule has 1 aromatic rings.